The molecule has 0 N–H and O–H groups in total. The van der Waals surface area contributed by atoms with Crippen molar-refractivity contribution in [1.82, 2.24) is 0 Å². The average molecular weight is 419 g/mol. The second kappa shape index (κ2) is 6.82. The van der Waals surface area contributed by atoms with E-state index in [-0.39, 0.29) is 11.3 Å². The number of nitrogens with zero attached hydrogens (tertiary/aromatic N) is 1. The zero-order chi connectivity index (χ0) is 21.5. The van der Waals surface area contributed by atoms with Crippen LogP contribution in [0.2, 0.25) is 0 Å². The van der Waals surface area contributed by atoms with Crippen LogP contribution in [0.3, 0.4) is 0 Å². The highest BCUT2D eigenvalue weighted by molar-refractivity contribution is 6.28. The number of amides is 2. The van der Waals surface area contributed by atoms with Crippen molar-refractivity contribution in [1.29, 1.82) is 0 Å². The van der Waals surface area contributed by atoms with Gasteiger partial charge in [0.2, 0.25) is 0 Å². The van der Waals surface area contributed by atoms with Crippen molar-refractivity contribution in [3.05, 3.63) is 42.0 Å². The van der Waals surface area contributed by atoms with Gasteiger partial charge in [0.05, 0.1) is 5.69 Å². The summed E-state index contributed by atoms with van der Waals surface area (Å²) >= 11 is 0. The van der Waals surface area contributed by atoms with Crippen LogP contribution >= 0.6 is 0 Å². The molecule has 28 heavy (non-hydrogen) atoms. The number of benzene rings is 1. The van der Waals surface area contributed by atoms with Crippen molar-refractivity contribution in [3.8, 4) is 0 Å². The Bertz CT molecular complexity index is 779. The Labute approximate surface area is 151 Å². The number of anilines is 1. The molecule has 1 aliphatic heterocycles. The van der Waals surface area contributed by atoms with Crippen LogP contribution in [0.1, 0.15) is 12.0 Å². The molecule has 0 saturated heterocycles. The molecule has 0 radical (unpaired) electrons. The first-order chi connectivity index (χ1) is 12.6. The van der Waals surface area contributed by atoms with Gasteiger partial charge in [-0.1, -0.05) is 12.1 Å². The van der Waals surface area contributed by atoms with E-state index in [0.717, 1.165) is 41.3 Å². The van der Waals surface area contributed by atoms with E-state index in [1.807, 2.05) is 0 Å². The van der Waals surface area contributed by atoms with E-state index < -0.39 is 48.6 Å². The molecule has 0 fully saturated rings. The van der Waals surface area contributed by atoms with Crippen molar-refractivity contribution in [2.75, 3.05) is 4.90 Å². The Morgan fingerprint density at radius 2 is 1.18 bits per heavy atom. The zero-order valence-electron chi connectivity index (χ0n) is 13.5. The molecule has 1 aromatic carbocycles. The summed E-state index contributed by atoms with van der Waals surface area (Å²) in [6.07, 6.45) is -7.87. The summed E-state index contributed by atoms with van der Waals surface area (Å²) in [5, 5.41) is 0. The molecule has 0 unspecified atom stereocenters. The molecule has 12 heteroatoms. The minimum absolute atomic E-state index is 0.0319. The lowest BCUT2D eigenvalue weighted by Crippen LogP contribution is -2.60. The van der Waals surface area contributed by atoms with Crippen LogP contribution in [0, 0.1) is 0 Å². The third kappa shape index (κ3) is 3.59. The number of alkyl halides is 9. The molecular weight excluding hydrogens is 409 g/mol. The van der Waals surface area contributed by atoms with Crippen molar-refractivity contribution in [2.24, 2.45) is 0 Å². The Morgan fingerprint density at radius 3 is 1.61 bits per heavy atom. The van der Waals surface area contributed by atoms with E-state index in [2.05, 4.69) is 0 Å². The minimum Gasteiger partial charge on any atom is -0.269 e. The third-order valence-corrected chi connectivity index (χ3v) is 3.94. The number of aryl methyl sites for hydroxylation is 1. The fourth-order valence-corrected chi connectivity index (χ4v) is 2.33. The van der Waals surface area contributed by atoms with E-state index in [9.17, 15) is 49.1 Å². The van der Waals surface area contributed by atoms with Crippen LogP contribution in [0.5, 0.6) is 0 Å². The maximum atomic E-state index is 13.5. The first kappa shape index (κ1) is 21.8. The van der Waals surface area contributed by atoms with E-state index in [0.29, 0.717) is 0 Å². The van der Waals surface area contributed by atoms with Crippen LogP contribution in [0.25, 0.3) is 0 Å². The number of imide groups is 1. The van der Waals surface area contributed by atoms with Gasteiger partial charge in [0, 0.05) is 18.6 Å². The minimum atomic E-state index is -6.92. The number of rotatable bonds is 6. The summed E-state index contributed by atoms with van der Waals surface area (Å²) in [4.78, 5) is 23.7. The predicted molar refractivity (Wildman–Crippen MR) is 77.3 cm³/mol. The van der Waals surface area contributed by atoms with Crippen molar-refractivity contribution in [3.63, 3.8) is 0 Å². The topological polar surface area (TPSA) is 37.4 Å². The summed E-state index contributed by atoms with van der Waals surface area (Å²) in [5.74, 6) is -20.6. The van der Waals surface area contributed by atoms with E-state index in [4.69, 9.17) is 0 Å². The summed E-state index contributed by atoms with van der Waals surface area (Å²) in [7, 11) is 0. The van der Waals surface area contributed by atoms with Crippen LogP contribution in [-0.2, 0) is 16.0 Å². The van der Waals surface area contributed by atoms with Crippen LogP contribution in [0.4, 0.5) is 45.2 Å². The molecule has 2 amide bonds. The summed E-state index contributed by atoms with van der Waals surface area (Å²) < 4.78 is 115. The Morgan fingerprint density at radius 1 is 0.714 bits per heavy atom. The predicted octanol–water partition coefficient (Wildman–Crippen LogP) is 4.52. The molecule has 0 spiro atoms. The largest absolute Gasteiger partial charge is 0.460 e. The normalized spacial score (nSPS) is 16.2. The van der Waals surface area contributed by atoms with Gasteiger partial charge >= 0.3 is 23.9 Å². The molecule has 0 aromatic heterocycles. The van der Waals surface area contributed by atoms with E-state index in [1.165, 1.54) is 0 Å². The smallest absolute Gasteiger partial charge is 0.269 e. The van der Waals surface area contributed by atoms with Gasteiger partial charge in [-0.3, -0.25) is 9.59 Å². The first-order valence-corrected chi connectivity index (χ1v) is 7.47. The average Bonchev–Trinajstić information content (AvgIpc) is 2.91. The molecule has 0 atom stereocenters. The second-order valence-corrected chi connectivity index (χ2v) is 5.86. The SMILES string of the molecule is O=C1C=CC(=O)N1c1ccc(CCC(F)(F)C(F)(F)C(F)(F)C(F)(F)F)cc1. The fraction of sp³-hybridized carbons (Fsp3) is 0.375. The summed E-state index contributed by atoms with van der Waals surface area (Å²) in [6, 6.07) is 4.31. The van der Waals surface area contributed by atoms with Gasteiger partial charge in [0.15, 0.2) is 0 Å². The van der Waals surface area contributed by atoms with E-state index in [1.54, 1.807) is 0 Å². The van der Waals surface area contributed by atoms with Crippen molar-refractivity contribution in [2.45, 2.75) is 36.8 Å². The van der Waals surface area contributed by atoms with Crippen LogP contribution in [0.15, 0.2) is 36.4 Å². The maximum absolute atomic E-state index is 13.5. The highest BCUT2D eigenvalue weighted by Gasteiger charge is 2.81. The van der Waals surface area contributed by atoms with Gasteiger partial charge < -0.3 is 0 Å². The lowest BCUT2D eigenvalue weighted by molar-refractivity contribution is -0.396. The molecule has 0 aliphatic carbocycles. The van der Waals surface area contributed by atoms with E-state index >= 15 is 0 Å². The number of hydrogen-bond donors (Lipinski definition) is 0. The van der Waals surface area contributed by atoms with Gasteiger partial charge in [-0.25, -0.2) is 4.90 Å². The highest BCUT2D eigenvalue weighted by atomic mass is 19.4. The maximum Gasteiger partial charge on any atom is 0.460 e. The van der Waals surface area contributed by atoms with Gasteiger partial charge in [0.25, 0.3) is 11.8 Å². The molecule has 1 aromatic rings. The summed E-state index contributed by atoms with van der Waals surface area (Å²) in [6.45, 7) is 0. The van der Waals surface area contributed by atoms with Gasteiger partial charge in [-0.15, -0.1) is 0 Å². The molecule has 3 nitrogen and oxygen atoms in total. The zero-order valence-corrected chi connectivity index (χ0v) is 13.5. The lowest BCUT2D eigenvalue weighted by Gasteiger charge is -2.33. The first-order valence-electron chi connectivity index (χ1n) is 7.47. The monoisotopic (exact) mass is 419 g/mol. The molecule has 0 saturated carbocycles. The Kier molecular flexibility index (Phi) is 5.30. The molecule has 1 heterocycles. The summed E-state index contributed by atoms with van der Waals surface area (Å²) in [5.41, 5.74) is -0.0777. The van der Waals surface area contributed by atoms with Gasteiger partial charge in [-0.05, 0) is 24.1 Å². The fourth-order valence-electron chi connectivity index (χ4n) is 2.33. The quantitative estimate of drug-likeness (QED) is 0.503. The molecule has 0 bridgehead atoms. The molecular formula is C16H10F9NO2. The third-order valence-electron chi connectivity index (χ3n) is 3.94. The number of hydrogen-bond acceptors (Lipinski definition) is 2. The second-order valence-electron chi connectivity index (χ2n) is 5.86. The molecule has 1 aliphatic rings. The number of carbonyl (C=O) groups is 2. The van der Waals surface area contributed by atoms with Crippen molar-refractivity contribution >= 4 is 17.5 Å². The van der Waals surface area contributed by atoms with Crippen LogP contribution < -0.4 is 4.90 Å². The molecule has 154 valence electrons. The Hall–Kier alpha value is -2.53. The number of halogens is 9. The Balaban J connectivity index is 2.12. The van der Waals surface area contributed by atoms with Crippen molar-refractivity contribution < 1.29 is 49.1 Å². The van der Waals surface area contributed by atoms with Gasteiger partial charge in [0.1, 0.15) is 0 Å². The highest BCUT2D eigenvalue weighted by Crippen LogP contribution is 2.54. The van der Waals surface area contributed by atoms with Gasteiger partial charge in [-0.2, -0.15) is 39.5 Å². The number of carbonyl (C=O) groups excluding carboxylic acids is 2. The molecule has 2 rings (SSSR count). The van der Waals surface area contributed by atoms with Crippen LogP contribution in [-0.4, -0.2) is 35.8 Å². The standard InChI is InChI=1S/C16H10F9NO2/c17-13(18,14(19,20)15(21,22)16(23,24)25)8-7-9-1-3-10(4-2-9)26-11(27)5-6-12(26)28/h1-6H,7-8H2. The lowest BCUT2D eigenvalue weighted by atomic mass is 9.97.